The molecule has 1 aromatic heterocycles. The summed E-state index contributed by atoms with van der Waals surface area (Å²) in [5.74, 6) is -1.47. The number of aryl methyl sites for hydroxylation is 2. The highest BCUT2D eigenvalue weighted by Gasteiger charge is 2.18. The van der Waals surface area contributed by atoms with Crippen LogP contribution in [-0.4, -0.2) is 45.6 Å². The van der Waals surface area contributed by atoms with Crippen molar-refractivity contribution in [2.24, 2.45) is 5.92 Å². The normalized spacial score (nSPS) is 12.0. The van der Waals surface area contributed by atoms with Crippen LogP contribution < -0.4 is 0 Å². The lowest BCUT2D eigenvalue weighted by molar-refractivity contribution is -0.142. The van der Waals surface area contributed by atoms with Crippen LogP contribution in [0.2, 0.25) is 0 Å². The first-order valence-electron chi connectivity index (χ1n) is 7.83. The molecule has 2 rings (SSSR count). The van der Waals surface area contributed by atoms with Gasteiger partial charge in [0.05, 0.1) is 5.92 Å². The Morgan fingerprint density at radius 3 is 2.76 bits per heavy atom. The van der Waals surface area contributed by atoms with E-state index in [9.17, 15) is 14.0 Å². The van der Waals surface area contributed by atoms with Gasteiger partial charge in [-0.15, -0.1) is 0 Å². The van der Waals surface area contributed by atoms with Gasteiger partial charge in [0, 0.05) is 32.0 Å². The van der Waals surface area contributed by atoms with Crippen LogP contribution in [0.1, 0.15) is 24.8 Å². The number of halogens is 1. The quantitative estimate of drug-likeness (QED) is 0.824. The van der Waals surface area contributed by atoms with Gasteiger partial charge in [0.2, 0.25) is 17.6 Å². The lowest BCUT2D eigenvalue weighted by atomic mass is 10.1. The van der Waals surface area contributed by atoms with Gasteiger partial charge in [-0.05, 0) is 30.7 Å². The summed E-state index contributed by atoms with van der Waals surface area (Å²) < 4.78 is 18.4. The second-order valence-electron chi connectivity index (χ2n) is 5.99. The molecule has 1 aromatic carbocycles. The van der Waals surface area contributed by atoms with Gasteiger partial charge in [-0.25, -0.2) is 4.39 Å². The van der Waals surface area contributed by atoms with E-state index in [1.165, 1.54) is 11.0 Å². The molecular weight excluding hydrogens is 329 g/mol. The van der Waals surface area contributed by atoms with Gasteiger partial charge in [0.1, 0.15) is 5.82 Å². The lowest BCUT2D eigenvalue weighted by Gasteiger charge is -2.18. The van der Waals surface area contributed by atoms with E-state index in [0.717, 1.165) is 0 Å². The van der Waals surface area contributed by atoms with Crippen LogP contribution in [0.5, 0.6) is 0 Å². The molecule has 0 aliphatic rings. The molecule has 7 nitrogen and oxygen atoms in total. The Bertz CT molecular complexity index is 775. The van der Waals surface area contributed by atoms with Crippen molar-refractivity contribution in [2.75, 3.05) is 13.6 Å². The van der Waals surface area contributed by atoms with Crippen LogP contribution in [0.4, 0.5) is 4.39 Å². The number of rotatable bonds is 7. The van der Waals surface area contributed by atoms with E-state index >= 15 is 0 Å². The van der Waals surface area contributed by atoms with E-state index in [0.29, 0.717) is 22.8 Å². The summed E-state index contributed by atoms with van der Waals surface area (Å²) >= 11 is 0. The van der Waals surface area contributed by atoms with Crippen molar-refractivity contribution in [1.82, 2.24) is 15.0 Å². The molecule has 8 heteroatoms. The number of nitrogens with zero attached hydrogens (tertiary/aromatic N) is 3. The first kappa shape index (κ1) is 18.6. The Hall–Kier alpha value is -2.77. The molecule has 1 atom stereocenters. The molecule has 1 unspecified atom stereocenters. The summed E-state index contributed by atoms with van der Waals surface area (Å²) in [5, 5.41) is 12.7. The maximum Gasteiger partial charge on any atom is 0.308 e. The maximum atomic E-state index is 13.3. The topological polar surface area (TPSA) is 96.5 Å². The summed E-state index contributed by atoms with van der Waals surface area (Å²) in [5.41, 5.74) is 1.11. The second-order valence-corrected chi connectivity index (χ2v) is 5.99. The maximum absolute atomic E-state index is 13.3. The van der Waals surface area contributed by atoms with Crippen LogP contribution in [-0.2, 0) is 16.0 Å². The number of hydrogen-bond donors (Lipinski definition) is 1. The number of carboxylic acid groups (broad SMARTS) is 1. The van der Waals surface area contributed by atoms with Gasteiger partial charge in [0.25, 0.3) is 0 Å². The van der Waals surface area contributed by atoms with Crippen LogP contribution in [0, 0.1) is 18.7 Å². The van der Waals surface area contributed by atoms with E-state index in [2.05, 4.69) is 10.1 Å². The Morgan fingerprint density at radius 2 is 2.12 bits per heavy atom. The molecule has 0 saturated carbocycles. The van der Waals surface area contributed by atoms with Crippen molar-refractivity contribution in [3.63, 3.8) is 0 Å². The molecule has 1 heterocycles. The highest BCUT2D eigenvalue weighted by Crippen LogP contribution is 2.19. The third-order valence-corrected chi connectivity index (χ3v) is 3.83. The fraction of sp³-hybridized carbons (Fsp3) is 0.412. The largest absolute Gasteiger partial charge is 0.481 e. The molecular formula is C17H20FN3O4. The fourth-order valence-electron chi connectivity index (χ4n) is 2.25. The summed E-state index contributed by atoms with van der Waals surface area (Å²) in [4.78, 5) is 28.4. The number of aromatic nitrogens is 2. The van der Waals surface area contributed by atoms with Crippen molar-refractivity contribution in [3.05, 3.63) is 35.5 Å². The highest BCUT2D eigenvalue weighted by atomic mass is 19.1. The van der Waals surface area contributed by atoms with E-state index < -0.39 is 11.9 Å². The zero-order valence-electron chi connectivity index (χ0n) is 14.3. The minimum atomic E-state index is -0.948. The Labute approximate surface area is 144 Å². The molecule has 0 aliphatic heterocycles. The molecule has 0 spiro atoms. The minimum Gasteiger partial charge on any atom is -0.481 e. The molecule has 1 N–H and O–H groups in total. The zero-order chi connectivity index (χ0) is 18.6. The SMILES string of the molecule is Cc1cc(-c2noc(CCC(=O)N(C)CC(C)C(=O)O)n2)ccc1F. The molecule has 0 aliphatic carbocycles. The van der Waals surface area contributed by atoms with E-state index in [-0.39, 0.29) is 31.1 Å². The molecule has 2 aromatic rings. The summed E-state index contributed by atoms with van der Waals surface area (Å²) in [6.45, 7) is 3.33. The van der Waals surface area contributed by atoms with Crippen molar-refractivity contribution in [1.29, 1.82) is 0 Å². The number of carbonyl (C=O) groups excluding carboxylic acids is 1. The number of amides is 1. The fourth-order valence-corrected chi connectivity index (χ4v) is 2.25. The number of carbonyl (C=O) groups is 2. The lowest BCUT2D eigenvalue weighted by Crippen LogP contribution is -2.33. The highest BCUT2D eigenvalue weighted by molar-refractivity contribution is 5.77. The standard InChI is InChI=1S/C17H20FN3O4/c1-10-8-12(4-5-13(10)18)16-19-14(25-20-16)6-7-15(22)21(3)9-11(2)17(23)24/h4-5,8,11H,6-7,9H2,1-3H3,(H,23,24). The Morgan fingerprint density at radius 1 is 1.40 bits per heavy atom. The van der Waals surface area contributed by atoms with Crippen LogP contribution in [0.25, 0.3) is 11.4 Å². The van der Waals surface area contributed by atoms with Crippen LogP contribution >= 0.6 is 0 Å². The van der Waals surface area contributed by atoms with Crippen molar-refractivity contribution in [3.8, 4) is 11.4 Å². The minimum absolute atomic E-state index is 0.132. The third kappa shape index (κ3) is 4.85. The predicted octanol–water partition coefficient (Wildman–Crippen LogP) is 2.30. The molecule has 0 fully saturated rings. The van der Waals surface area contributed by atoms with Gasteiger partial charge < -0.3 is 14.5 Å². The molecule has 134 valence electrons. The number of carboxylic acids is 1. The summed E-state index contributed by atoms with van der Waals surface area (Å²) in [6, 6.07) is 4.52. The van der Waals surface area contributed by atoms with Gasteiger partial charge in [-0.2, -0.15) is 4.98 Å². The summed E-state index contributed by atoms with van der Waals surface area (Å²) in [6.07, 6.45) is 0.380. The Kier molecular flexibility index (Phi) is 5.84. The van der Waals surface area contributed by atoms with Gasteiger partial charge in [-0.1, -0.05) is 12.1 Å². The van der Waals surface area contributed by atoms with Gasteiger partial charge in [-0.3, -0.25) is 9.59 Å². The molecule has 1 amide bonds. The van der Waals surface area contributed by atoms with Crippen molar-refractivity contribution in [2.45, 2.75) is 26.7 Å². The van der Waals surface area contributed by atoms with E-state index in [4.69, 9.17) is 9.63 Å². The van der Waals surface area contributed by atoms with Gasteiger partial charge >= 0.3 is 5.97 Å². The number of hydrogen-bond acceptors (Lipinski definition) is 5. The first-order valence-corrected chi connectivity index (χ1v) is 7.83. The van der Waals surface area contributed by atoms with Crippen molar-refractivity contribution < 1.29 is 23.6 Å². The van der Waals surface area contributed by atoms with E-state index in [1.807, 2.05) is 0 Å². The molecule has 0 saturated heterocycles. The smallest absolute Gasteiger partial charge is 0.308 e. The number of aliphatic carboxylic acids is 1. The van der Waals surface area contributed by atoms with Gasteiger partial charge in [0.15, 0.2) is 0 Å². The summed E-state index contributed by atoms with van der Waals surface area (Å²) in [7, 11) is 1.56. The van der Waals surface area contributed by atoms with E-state index in [1.54, 1.807) is 33.0 Å². The predicted molar refractivity (Wildman–Crippen MR) is 87.2 cm³/mol. The molecule has 0 bridgehead atoms. The monoisotopic (exact) mass is 349 g/mol. The van der Waals surface area contributed by atoms with Crippen LogP contribution in [0.15, 0.2) is 22.7 Å². The average Bonchev–Trinajstić information content (AvgIpc) is 3.03. The Balaban J connectivity index is 1.94. The molecule has 0 radical (unpaired) electrons. The number of benzene rings is 1. The van der Waals surface area contributed by atoms with Crippen molar-refractivity contribution >= 4 is 11.9 Å². The molecule has 25 heavy (non-hydrogen) atoms. The zero-order valence-corrected chi connectivity index (χ0v) is 14.3. The first-order chi connectivity index (χ1) is 11.8. The van der Waals surface area contributed by atoms with Crippen LogP contribution in [0.3, 0.4) is 0 Å². The third-order valence-electron chi connectivity index (χ3n) is 3.83. The second kappa shape index (κ2) is 7.87. The average molecular weight is 349 g/mol.